The van der Waals surface area contributed by atoms with Gasteiger partial charge in [0, 0.05) is 12.8 Å². The fourth-order valence-corrected chi connectivity index (χ4v) is 6.59. The first kappa shape index (κ1) is 57.9. The number of esters is 2. The van der Waals surface area contributed by atoms with E-state index in [0.29, 0.717) is 19.3 Å². The molecule has 0 radical (unpaired) electrons. The summed E-state index contributed by atoms with van der Waals surface area (Å²) in [6, 6.07) is -1.54. The summed E-state index contributed by atoms with van der Waals surface area (Å²) in [6.45, 7) is 2.55. The van der Waals surface area contributed by atoms with E-state index in [0.717, 1.165) is 70.6 Å². The topological polar surface area (TPSA) is 192 Å². The van der Waals surface area contributed by atoms with Gasteiger partial charge in [-0.05, 0) is 77.0 Å². The molecule has 12 nitrogen and oxygen atoms in total. The lowest BCUT2D eigenvalue weighted by molar-refractivity contribution is -0.161. The highest BCUT2D eigenvalue weighted by atomic mass is 31.2. The molecule has 350 valence electrons. The molecule has 0 aromatic heterocycles. The number of ether oxygens (including phenoxy) is 2. The van der Waals surface area contributed by atoms with Crippen LogP contribution in [-0.2, 0) is 37.5 Å². The van der Waals surface area contributed by atoms with Crippen molar-refractivity contribution in [2.45, 2.75) is 193 Å². The molecule has 0 heterocycles. The molecule has 61 heavy (non-hydrogen) atoms. The van der Waals surface area contributed by atoms with Crippen LogP contribution in [0.2, 0.25) is 0 Å². The number of rotatable bonds is 42. The smallest absolute Gasteiger partial charge is 0.472 e. The van der Waals surface area contributed by atoms with Crippen molar-refractivity contribution in [1.29, 1.82) is 0 Å². The van der Waals surface area contributed by atoms with Crippen molar-refractivity contribution in [3.63, 3.8) is 0 Å². The molecule has 0 saturated carbocycles. The Morgan fingerprint density at radius 2 is 1.03 bits per heavy atom. The summed E-state index contributed by atoms with van der Waals surface area (Å²) in [5.74, 6) is -2.49. The van der Waals surface area contributed by atoms with Gasteiger partial charge in [-0.25, -0.2) is 4.57 Å². The number of unbranched alkanes of at least 4 members (excludes halogenated alkanes) is 14. The van der Waals surface area contributed by atoms with Crippen LogP contribution < -0.4 is 5.73 Å². The van der Waals surface area contributed by atoms with Gasteiger partial charge in [-0.1, -0.05) is 157 Å². The molecule has 0 spiro atoms. The summed E-state index contributed by atoms with van der Waals surface area (Å²) >= 11 is 0. The maximum absolute atomic E-state index is 12.6. The third-order valence-corrected chi connectivity index (χ3v) is 10.4. The summed E-state index contributed by atoms with van der Waals surface area (Å²) in [4.78, 5) is 46.0. The number of carboxylic acid groups (broad SMARTS) is 1. The number of hydrogen-bond donors (Lipinski definition) is 4. The standard InChI is InChI=1S/C48H82NO11P/c1-3-5-7-8-9-10-11-12-13-14-15-16-17-18-22-25-28-31-34-38-46(51)57-40-44(41-58-61(55,56)59-42-45(49)48(53)54)60-47(52)39-35-32-29-26-23-20-19-21-24-27-30-33-37-43(50)36-6-4-2/h9-10,12-13,19-20,24,26-27,29,33,37,43-45,50H,3-8,11,14-18,21-23,25,28,30-32,34-36,38-42,49H2,1-2H3,(H,53,54)(H,55,56)/b10-9-,13-12-,20-19-,27-24-,29-26-,37-33-/t43-,44-,45+/m1/s1. The molecule has 0 rings (SSSR count). The summed E-state index contributed by atoms with van der Waals surface area (Å²) in [6.07, 6.45) is 47.3. The Kier molecular flexibility index (Phi) is 40.0. The van der Waals surface area contributed by atoms with Crippen LogP contribution in [0, 0.1) is 0 Å². The van der Waals surface area contributed by atoms with E-state index in [-0.39, 0.29) is 25.6 Å². The normalized spacial score (nSPS) is 14.8. The van der Waals surface area contributed by atoms with Crippen molar-refractivity contribution in [2.24, 2.45) is 5.73 Å². The van der Waals surface area contributed by atoms with E-state index in [1.807, 2.05) is 24.3 Å². The average molecular weight is 880 g/mol. The number of aliphatic carboxylic acids is 1. The molecule has 0 aliphatic heterocycles. The Bertz CT molecular complexity index is 1330. The monoisotopic (exact) mass is 880 g/mol. The van der Waals surface area contributed by atoms with E-state index in [2.05, 4.69) is 67.0 Å². The summed E-state index contributed by atoms with van der Waals surface area (Å²) in [7, 11) is -4.75. The SMILES string of the molecule is CCCCC/C=C\C/C=C\CCCCCCCCCCCC(=O)OC[C@H](COP(=O)(O)OC[C@H](N)C(=O)O)OC(=O)CCC/C=C\C/C=C\C/C=C\C/C=C\[C@H](O)CCCC. The van der Waals surface area contributed by atoms with Gasteiger partial charge in [-0.15, -0.1) is 0 Å². The van der Waals surface area contributed by atoms with Crippen LogP contribution in [0.1, 0.15) is 174 Å². The summed E-state index contributed by atoms with van der Waals surface area (Å²) < 4.78 is 32.7. The maximum atomic E-state index is 12.6. The highest BCUT2D eigenvalue weighted by Crippen LogP contribution is 2.43. The second-order valence-corrected chi connectivity index (χ2v) is 16.8. The second kappa shape index (κ2) is 42.2. The molecule has 13 heteroatoms. The van der Waals surface area contributed by atoms with Gasteiger partial charge in [0.2, 0.25) is 0 Å². The number of allylic oxidation sites excluding steroid dienone is 11. The zero-order valence-corrected chi connectivity index (χ0v) is 38.5. The predicted octanol–water partition coefficient (Wildman–Crippen LogP) is 11.5. The lowest BCUT2D eigenvalue weighted by atomic mass is 10.1. The molecule has 0 amide bonds. The van der Waals surface area contributed by atoms with Crippen molar-refractivity contribution in [1.82, 2.24) is 0 Å². The molecular weight excluding hydrogens is 797 g/mol. The molecule has 0 bridgehead atoms. The molecule has 0 aromatic rings. The highest BCUT2D eigenvalue weighted by molar-refractivity contribution is 7.47. The van der Waals surface area contributed by atoms with E-state index in [1.54, 1.807) is 0 Å². The maximum Gasteiger partial charge on any atom is 0.472 e. The van der Waals surface area contributed by atoms with E-state index >= 15 is 0 Å². The molecule has 0 aliphatic carbocycles. The first-order valence-electron chi connectivity index (χ1n) is 23.1. The Morgan fingerprint density at radius 1 is 0.574 bits per heavy atom. The Morgan fingerprint density at radius 3 is 1.59 bits per heavy atom. The van der Waals surface area contributed by atoms with Crippen molar-refractivity contribution in [3.05, 3.63) is 72.9 Å². The summed E-state index contributed by atoms with van der Waals surface area (Å²) in [5, 5.41) is 18.7. The second-order valence-electron chi connectivity index (χ2n) is 15.3. The van der Waals surface area contributed by atoms with Crippen LogP contribution in [0.25, 0.3) is 0 Å². The highest BCUT2D eigenvalue weighted by Gasteiger charge is 2.28. The van der Waals surface area contributed by atoms with Crippen molar-refractivity contribution < 1.29 is 52.6 Å². The first-order chi connectivity index (χ1) is 29.5. The van der Waals surface area contributed by atoms with Crippen molar-refractivity contribution in [3.8, 4) is 0 Å². The van der Waals surface area contributed by atoms with Gasteiger partial charge >= 0.3 is 25.7 Å². The van der Waals surface area contributed by atoms with Gasteiger partial charge in [0.05, 0.1) is 19.3 Å². The minimum absolute atomic E-state index is 0.0644. The quantitative estimate of drug-likeness (QED) is 0.0197. The number of phosphoric ester groups is 1. The van der Waals surface area contributed by atoms with Crippen LogP contribution in [0.15, 0.2) is 72.9 Å². The number of carboxylic acids is 1. The molecule has 0 aliphatic rings. The molecule has 0 aromatic carbocycles. The average Bonchev–Trinajstić information content (AvgIpc) is 3.23. The fraction of sp³-hybridized carbons (Fsp3) is 0.688. The van der Waals surface area contributed by atoms with Gasteiger partial charge in [-0.3, -0.25) is 23.4 Å². The Balaban J connectivity index is 4.45. The molecule has 5 N–H and O–H groups in total. The minimum Gasteiger partial charge on any atom is -0.480 e. The largest absolute Gasteiger partial charge is 0.480 e. The zero-order valence-electron chi connectivity index (χ0n) is 37.6. The third kappa shape index (κ3) is 42.0. The number of aliphatic hydroxyl groups excluding tert-OH is 1. The number of hydrogen-bond acceptors (Lipinski definition) is 10. The van der Waals surface area contributed by atoms with Gasteiger partial charge < -0.3 is 30.3 Å². The Labute approximate surface area is 368 Å². The van der Waals surface area contributed by atoms with Gasteiger partial charge in [0.25, 0.3) is 0 Å². The molecule has 0 saturated heterocycles. The van der Waals surface area contributed by atoms with Crippen LogP contribution >= 0.6 is 7.82 Å². The third-order valence-electron chi connectivity index (χ3n) is 9.50. The minimum atomic E-state index is -4.75. The molecule has 4 atom stereocenters. The first-order valence-corrected chi connectivity index (χ1v) is 24.5. The van der Waals surface area contributed by atoms with Crippen LogP contribution in [0.4, 0.5) is 0 Å². The van der Waals surface area contributed by atoms with E-state index in [9.17, 15) is 28.9 Å². The van der Waals surface area contributed by atoms with E-state index in [1.165, 1.54) is 57.8 Å². The summed E-state index contributed by atoms with van der Waals surface area (Å²) in [5.41, 5.74) is 5.33. The molecule has 1 unspecified atom stereocenters. The number of carbonyl (C=O) groups excluding carboxylic acids is 2. The van der Waals surface area contributed by atoms with E-state index in [4.69, 9.17) is 24.8 Å². The van der Waals surface area contributed by atoms with Gasteiger partial charge in [-0.2, -0.15) is 0 Å². The molecular formula is C48H82NO11P. The Hall–Kier alpha value is -3.12. The van der Waals surface area contributed by atoms with Crippen LogP contribution in [-0.4, -0.2) is 71.1 Å². The zero-order chi connectivity index (χ0) is 45.1. The number of carbonyl (C=O) groups is 3. The number of nitrogens with two attached hydrogens (primary N) is 1. The predicted molar refractivity (Wildman–Crippen MR) is 246 cm³/mol. The van der Waals surface area contributed by atoms with Gasteiger partial charge in [0.15, 0.2) is 6.10 Å². The van der Waals surface area contributed by atoms with Crippen LogP contribution in [0.5, 0.6) is 0 Å². The van der Waals surface area contributed by atoms with Crippen molar-refractivity contribution >= 4 is 25.7 Å². The lowest BCUT2D eigenvalue weighted by Gasteiger charge is -2.20. The fourth-order valence-electron chi connectivity index (χ4n) is 5.81. The molecule has 0 fully saturated rings. The van der Waals surface area contributed by atoms with Crippen molar-refractivity contribution in [2.75, 3.05) is 19.8 Å². The van der Waals surface area contributed by atoms with Gasteiger partial charge in [0.1, 0.15) is 12.6 Å². The lowest BCUT2D eigenvalue weighted by Crippen LogP contribution is -2.34. The van der Waals surface area contributed by atoms with Crippen LogP contribution in [0.3, 0.4) is 0 Å². The number of phosphoric acid groups is 1. The number of aliphatic hydroxyl groups is 1. The van der Waals surface area contributed by atoms with E-state index < -0.39 is 51.1 Å².